The fourth-order valence-corrected chi connectivity index (χ4v) is 3.59. The molecule has 0 aromatic carbocycles. The van der Waals surface area contributed by atoms with Crippen LogP contribution in [-0.4, -0.2) is 26.2 Å². The Morgan fingerprint density at radius 1 is 1.50 bits per heavy atom. The molecule has 92 valence electrons. The molecular weight excluding hydrogens is 244 g/mol. The van der Waals surface area contributed by atoms with Gasteiger partial charge < -0.3 is 5.32 Å². The summed E-state index contributed by atoms with van der Waals surface area (Å²) < 4.78 is 22.3. The van der Waals surface area contributed by atoms with E-state index in [4.69, 9.17) is 0 Å². The van der Waals surface area contributed by atoms with E-state index in [2.05, 4.69) is 10.3 Å². The van der Waals surface area contributed by atoms with Crippen LogP contribution < -0.4 is 5.32 Å². The van der Waals surface area contributed by atoms with Gasteiger partial charge in [-0.1, -0.05) is 6.92 Å². The molecular formula is C10H18N2O2S2. The van der Waals surface area contributed by atoms with Crippen molar-refractivity contribution in [2.75, 3.05) is 12.8 Å². The van der Waals surface area contributed by atoms with Crippen molar-refractivity contribution in [3.05, 3.63) is 16.1 Å². The molecule has 0 bridgehead atoms. The van der Waals surface area contributed by atoms with Gasteiger partial charge >= 0.3 is 0 Å². The Morgan fingerprint density at radius 3 is 2.62 bits per heavy atom. The molecule has 0 amide bonds. The SMILES string of the molecule is CCNC(C)(C)c1csc(CS(C)(=O)=O)n1. The molecule has 0 saturated heterocycles. The van der Waals surface area contributed by atoms with E-state index in [-0.39, 0.29) is 11.3 Å². The average Bonchev–Trinajstić information content (AvgIpc) is 2.49. The van der Waals surface area contributed by atoms with Crippen LogP contribution >= 0.6 is 11.3 Å². The van der Waals surface area contributed by atoms with Gasteiger partial charge in [-0.05, 0) is 20.4 Å². The first kappa shape index (κ1) is 13.6. The second-order valence-electron chi connectivity index (χ2n) is 4.35. The van der Waals surface area contributed by atoms with E-state index < -0.39 is 9.84 Å². The highest BCUT2D eigenvalue weighted by molar-refractivity contribution is 7.90. The summed E-state index contributed by atoms with van der Waals surface area (Å²) >= 11 is 1.40. The minimum absolute atomic E-state index is 0.0277. The third-order valence-corrected chi connectivity index (χ3v) is 4.03. The first-order chi connectivity index (χ1) is 7.24. The van der Waals surface area contributed by atoms with Gasteiger partial charge in [-0.25, -0.2) is 13.4 Å². The first-order valence-corrected chi connectivity index (χ1v) is 8.06. The summed E-state index contributed by atoms with van der Waals surface area (Å²) in [5, 5.41) is 5.88. The van der Waals surface area contributed by atoms with Crippen molar-refractivity contribution >= 4 is 21.2 Å². The van der Waals surface area contributed by atoms with Gasteiger partial charge in [-0.2, -0.15) is 0 Å². The lowest BCUT2D eigenvalue weighted by Crippen LogP contribution is -2.36. The smallest absolute Gasteiger partial charge is 0.153 e. The van der Waals surface area contributed by atoms with Gasteiger partial charge in [-0.15, -0.1) is 11.3 Å². The highest BCUT2D eigenvalue weighted by Crippen LogP contribution is 2.22. The van der Waals surface area contributed by atoms with E-state index in [9.17, 15) is 8.42 Å². The number of aromatic nitrogens is 1. The maximum atomic E-state index is 11.1. The molecule has 0 radical (unpaired) electrons. The van der Waals surface area contributed by atoms with Crippen LogP contribution in [0, 0.1) is 0 Å². The summed E-state index contributed by atoms with van der Waals surface area (Å²) in [7, 11) is -2.99. The van der Waals surface area contributed by atoms with E-state index in [0.29, 0.717) is 5.01 Å². The molecule has 1 heterocycles. The summed E-state index contributed by atoms with van der Waals surface area (Å²) in [4.78, 5) is 4.36. The minimum atomic E-state index is -2.99. The van der Waals surface area contributed by atoms with E-state index in [1.807, 2.05) is 26.2 Å². The number of hydrogen-bond acceptors (Lipinski definition) is 5. The summed E-state index contributed by atoms with van der Waals surface area (Å²) in [6.45, 7) is 6.96. The van der Waals surface area contributed by atoms with Crippen molar-refractivity contribution in [3.8, 4) is 0 Å². The van der Waals surface area contributed by atoms with Crippen LogP contribution in [0.25, 0.3) is 0 Å². The molecule has 16 heavy (non-hydrogen) atoms. The van der Waals surface area contributed by atoms with Crippen LogP contribution in [0.4, 0.5) is 0 Å². The molecule has 1 aromatic heterocycles. The van der Waals surface area contributed by atoms with Gasteiger partial charge in [0.05, 0.1) is 11.2 Å². The van der Waals surface area contributed by atoms with Crippen molar-refractivity contribution in [1.29, 1.82) is 0 Å². The van der Waals surface area contributed by atoms with Crippen molar-refractivity contribution < 1.29 is 8.42 Å². The van der Waals surface area contributed by atoms with Crippen molar-refractivity contribution in [2.24, 2.45) is 0 Å². The van der Waals surface area contributed by atoms with Crippen molar-refractivity contribution in [2.45, 2.75) is 32.1 Å². The lowest BCUT2D eigenvalue weighted by molar-refractivity contribution is 0.405. The van der Waals surface area contributed by atoms with E-state index in [1.54, 1.807) is 0 Å². The standard InChI is InChI=1S/C10H18N2O2S2/c1-5-11-10(2,3)8-6-15-9(12-8)7-16(4,13)14/h6,11H,5,7H2,1-4H3. The Kier molecular flexibility index (Phi) is 4.09. The molecule has 0 aliphatic rings. The summed E-state index contributed by atoms with van der Waals surface area (Å²) in [6, 6.07) is 0. The zero-order chi connectivity index (χ0) is 12.4. The van der Waals surface area contributed by atoms with E-state index in [1.165, 1.54) is 17.6 Å². The quantitative estimate of drug-likeness (QED) is 0.874. The molecule has 0 atom stereocenters. The lowest BCUT2D eigenvalue weighted by Gasteiger charge is -2.23. The number of sulfone groups is 1. The molecule has 1 rings (SSSR count). The molecule has 6 heteroatoms. The lowest BCUT2D eigenvalue weighted by atomic mass is 10.0. The van der Waals surface area contributed by atoms with Crippen LogP contribution in [0.3, 0.4) is 0 Å². The molecule has 0 spiro atoms. The summed E-state index contributed by atoms with van der Waals surface area (Å²) in [6.07, 6.45) is 1.23. The van der Waals surface area contributed by atoms with E-state index >= 15 is 0 Å². The highest BCUT2D eigenvalue weighted by atomic mass is 32.2. The molecule has 0 fully saturated rings. The zero-order valence-electron chi connectivity index (χ0n) is 10.1. The molecule has 0 saturated carbocycles. The first-order valence-electron chi connectivity index (χ1n) is 5.12. The number of hydrogen-bond donors (Lipinski definition) is 1. The van der Waals surface area contributed by atoms with Gasteiger partial charge in [0.1, 0.15) is 10.8 Å². The summed E-state index contributed by atoms with van der Waals surface area (Å²) in [5.74, 6) is 0.0277. The third-order valence-electron chi connectivity index (χ3n) is 2.20. The monoisotopic (exact) mass is 262 g/mol. The van der Waals surface area contributed by atoms with Crippen molar-refractivity contribution in [3.63, 3.8) is 0 Å². The molecule has 0 aliphatic heterocycles. The van der Waals surface area contributed by atoms with Crippen LogP contribution in [0.1, 0.15) is 31.5 Å². The van der Waals surface area contributed by atoms with Gasteiger partial charge in [0.15, 0.2) is 9.84 Å². The average molecular weight is 262 g/mol. The zero-order valence-corrected chi connectivity index (χ0v) is 11.7. The third kappa shape index (κ3) is 3.84. The van der Waals surface area contributed by atoms with Crippen LogP contribution in [0.2, 0.25) is 0 Å². The number of thiazole rings is 1. The second kappa shape index (κ2) is 4.81. The molecule has 0 aliphatic carbocycles. The number of nitrogens with zero attached hydrogens (tertiary/aromatic N) is 1. The predicted molar refractivity (Wildman–Crippen MR) is 67.4 cm³/mol. The number of rotatable bonds is 5. The van der Waals surface area contributed by atoms with Gasteiger partial charge in [0.25, 0.3) is 0 Å². The van der Waals surface area contributed by atoms with E-state index in [0.717, 1.165) is 12.2 Å². The Bertz CT molecular complexity index is 449. The topological polar surface area (TPSA) is 59.1 Å². The Hall–Kier alpha value is -0.460. The normalized spacial score (nSPS) is 13.0. The van der Waals surface area contributed by atoms with Crippen LogP contribution in [-0.2, 0) is 21.1 Å². The van der Waals surface area contributed by atoms with Gasteiger partial charge in [0, 0.05) is 11.6 Å². The fraction of sp³-hybridized carbons (Fsp3) is 0.700. The maximum absolute atomic E-state index is 11.1. The Labute approximate surface area is 101 Å². The van der Waals surface area contributed by atoms with Crippen molar-refractivity contribution in [1.82, 2.24) is 10.3 Å². The summed E-state index contributed by atoms with van der Waals surface area (Å²) in [5.41, 5.74) is 0.694. The molecule has 4 nitrogen and oxygen atoms in total. The maximum Gasteiger partial charge on any atom is 0.153 e. The Balaban J connectivity index is 2.87. The molecule has 0 unspecified atom stereocenters. The molecule has 1 N–H and O–H groups in total. The Morgan fingerprint density at radius 2 is 2.12 bits per heavy atom. The minimum Gasteiger partial charge on any atom is -0.307 e. The van der Waals surface area contributed by atoms with Gasteiger partial charge in [-0.3, -0.25) is 0 Å². The highest BCUT2D eigenvalue weighted by Gasteiger charge is 2.22. The predicted octanol–water partition coefficient (Wildman–Crippen LogP) is 1.53. The number of nitrogens with one attached hydrogen (secondary N) is 1. The fourth-order valence-electron chi connectivity index (χ4n) is 1.42. The van der Waals surface area contributed by atoms with Crippen LogP contribution in [0.5, 0.6) is 0 Å². The second-order valence-corrected chi connectivity index (χ2v) is 7.43. The molecule has 1 aromatic rings. The van der Waals surface area contributed by atoms with Gasteiger partial charge in [0.2, 0.25) is 0 Å². The van der Waals surface area contributed by atoms with Crippen LogP contribution in [0.15, 0.2) is 5.38 Å². The largest absolute Gasteiger partial charge is 0.307 e.